The predicted molar refractivity (Wildman–Crippen MR) is 103 cm³/mol. The highest BCUT2D eigenvalue weighted by Crippen LogP contribution is 2.33. The van der Waals surface area contributed by atoms with Crippen LogP contribution in [0.4, 0.5) is 5.69 Å². The van der Waals surface area contributed by atoms with E-state index in [0.29, 0.717) is 17.0 Å². The van der Waals surface area contributed by atoms with Crippen molar-refractivity contribution in [1.82, 2.24) is 5.32 Å². The number of nitrogens with one attached hydrogen (secondary N) is 1. The number of para-hydroxylation sites is 2. The second-order valence-electron chi connectivity index (χ2n) is 6.93. The predicted octanol–water partition coefficient (Wildman–Crippen LogP) is 1.96. The molecule has 2 aromatic carbocycles. The van der Waals surface area contributed by atoms with Gasteiger partial charge in [0.15, 0.2) is 6.10 Å². The minimum Gasteiger partial charge on any atom is -0.481 e. The van der Waals surface area contributed by atoms with E-state index < -0.39 is 23.4 Å². The second kappa shape index (κ2) is 7.72. The fourth-order valence-corrected chi connectivity index (χ4v) is 3.10. The van der Waals surface area contributed by atoms with Crippen LogP contribution in [0.3, 0.4) is 0 Å². The molecule has 0 saturated heterocycles. The average Bonchev–Trinajstić information content (AvgIpc) is 2.70. The van der Waals surface area contributed by atoms with Crippen molar-refractivity contribution < 1.29 is 24.2 Å². The van der Waals surface area contributed by atoms with Crippen LogP contribution in [-0.4, -0.2) is 42.1 Å². The van der Waals surface area contributed by atoms with Gasteiger partial charge in [0.25, 0.3) is 5.91 Å². The Morgan fingerprint density at radius 2 is 1.79 bits per heavy atom. The van der Waals surface area contributed by atoms with Crippen LogP contribution >= 0.6 is 0 Å². The van der Waals surface area contributed by atoms with Gasteiger partial charge in [0.2, 0.25) is 5.91 Å². The van der Waals surface area contributed by atoms with E-state index in [9.17, 15) is 19.5 Å². The fraction of sp³-hybridized carbons (Fsp3) is 0.286. The number of ether oxygens (including phenoxy) is 1. The molecule has 0 fully saturated rings. The number of rotatable bonds is 6. The van der Waals surface area contributed by atoms with Crippen molar-refractivity contribution in [2.24, 2.45) is 0 Å². The van der Waals surface area contributed by atoms with Crippen LogP contribution in [0.5, 0.6) is 5.75 Å². The lowest BCUT2D eigenvalue weighted by molar-refractivity contribution is -0.143. The van der Waals surface area contributed by atoms with Gasteiger partial charge < -0.3 is 15.2 Å². The number of carbonyl (C=O) groups excluding carboxylic acids is 2. The van der Waals surface area contributed by atoms with Crippen LogP contribution in [0, 0.1) is 0 Å². The van der Waals surface area contributed by atoms with E-state index >= 15 is 0 Å². The van der Waals surface area contributed by atoms with Crippen LogP contribution in [0.1, 0.15) is 19.4 Å². The van der Waals surface area contributed by atoms with Gasteiger partial charge in [-0.1, -0.05) is 42.5 Å². The molecule has 1 heterocycles. The van der Waals surface area contributed by atoms with Crippen molar-refractivity contribution in [3.8, 4) is 5.75 Å². The molecule has 0 spiro atoms. The lowest BCUT2D eigenvalue weighted by Crippen LogP contribution is -2.51. The van der Waals surface area contributed by atoms with Gasteiger partial charge in [0.05, 0.1) is 5.69 Å². The number of carboxylic acids is 1. The number of nitrogens with zero attached hydrogens (tertiary/aromatic N) is 1. The Kier molecular flexibility index (Phi) is 5.35. The molecule has 2 aromatic rings. The minimum absolute atomic E-state index is 0.0963. The van der Waals surface area contributed by atoms with Crippen LogP contribution in [0.2, 0.25) is 0 Å². The first-order valence-corrected chi connectivity index (χ1v) is 8.95. The van der Waals surface area contributed by atoms with Gasteiger partial charge in [-0.25, -0.2) is 0 Å². The van der Waals surface area contributed by atoms with E-state index in [4.69, 9.17) is 4.74 Å². The zero-order chi connectivity index (χ0) is 20.3. The lowest BCUT2D eigenvalue weighted by Gasteiger charge is -2.33. The van der Waals surface area contributed by atoms with Crippen molar-refractivity contribution in [3.05, 3.63) is 60.2 Å². The molecule has 28 heavy (non-hydrogen) atoms. The molecular weight excluding hydrogens is 360 g/mol. The molecule has 0 aromatic heterocycles. The number of anilines is 1. The van der Waals surface area contributed by atoms with Gasteiger partial charge in [0.1, 0.15) is 17.7 Å². The van der Waals surface area contributed by atoms with Gasteiger partial charge in [-0.3, -0.25) is 19.3 Å². The molecule has 0 radical (unpaired) electrons. The Balaban J connectivity index is 1.73. The zero-order valence-electron chi connectivity index (χ0n) is 15.7. The number of hydrogen-bond donors (Lipinski definition) is 2. The van der Waals surface area contributed by atoms with Crippen LogP contribution in [-0.2, 0) is 19.8 Å². The Morgan fingerprint density at radius 1 is 1.14 bits per heavy atom. The van der Waals surface area contributed by atoms with Crippen molar-refractivity contribution >= 4 is 23.5 Å². The van der Waals surface area contributed by atoms with Crippen molar-refractivity contribution in [3.63, 3.8) is 0 Å². The molecule has 3 rings (SSSR count). The first-order valence-electron chi connectivity index (χ1n) is 8.95. The third-order valence-corrected chi connectivity index (χ3v) is 4.90. The highest BCUT2D eigenvalue weighted by atomic mass is 16.5. The van der Waals surface area contributed by atoms with E-state index in [1.54, 1.807) is 68.4 Å². The van der Waals surface area contributed by atoms with Crippen LogP contribution in [0.15, 0.2) is 54.6 Å². The summed E-state index contributed by atoms with van der Waals surface area (Å²) in [4.78, 5) is 38.2. The highest BCUT2D eigenvalue weighted by molar-refractivity contribution is 6.03. The summed E-state index contributed by atoms with van der Waals surface area (Å²) in [7, 11) is 0. The van der Waals surface area contributed by atoms with Crippen molar-refractivity contribution in [1.29, 1.82) is 0 Å². The molecule has 0 bridgehead atoms. The Morgan fingerprint density at radius 3 is 2.46 bits per heavy atom. The summed E-state index contributed by atoms with van der Waals surface area (Å²) < 4.78 is 5.56. The number of hydrogen-bond acceptors (Lipinski definition) is 4. The maximum atomic E-state index is 12.5. The number of benzene rings is 2. The summed E-state index contributed by atoms with van der Waals surface area (Å²) in [6, 6.07) is 15.7. The topological polar surface area (TPSA) is 95.9 Å². The smallest absolute Gasteiger partial charge is 0.315 e. The summed E-state index contributed by atoms with van der Waals surface area (Å²) in [6.45, 7) is 2.87. The van der Waals surface area contributed by atoms with Gasteiger partial charge in [-0.2, -0.15) is 0 Å². The number of fused-ring (bicyclic) bond motifs is 1. The number of aliphatic carboxylic acids is 1. The fourth-order valence-electron chi connectivity index (χ4n) is 3.10. The van der Waals surface area contributed by atoms with Crippen LogP contribution in [0.25, 0.3) is 0 Å². The van der Waals surface area contributed by atoms with E-state index in [2.05, 4.69) is 5.32 Å². The molecular formula is C21H22N2O5. The standard InChI is InChI=1S/C21H22N2O5/c1-14-19(25)23(16-10-6-7-11-17(16)28-14)12-18(24)22-13-21(2,20(26)27)15-8-4-3-5-9-15/h3-11,14H,12-13H2,1-2H3,(H,22,24)(H,26,27). The molecule has 1 aliphatic heterocycles. The van der Waals surface area contributed by atoms with Crippen LogP contribution < -0.4 is 15.0 Å². The largest absolute Gasteiger partial charge is 0.481 e. The van der Waals surface area contributed by atoms with Gasteiger partial charge in [-0.15, -0.1) is 0 Å². The van der Waals surface area contributed by atoms with Gasteiger partial charge >= 0.3 is 5.97 Å². The molecule has 2 N–H and O–H groups in total. The molecule has 7 nitrogen and oxygen atoms in total. The first-order chi connectivity index (χ1) is 13.3. The zero-order valence-corrected chi connectivity index (χ0v) is 15.7. The SMILES string of the molecule is CC1Oc2ccccc2N(CC(=O)NCC(C)(C(=O)O)c2ccccc2)C1=O. The summed E-state index contributed by atoms with van der Waals surface area (Å²) in [5, 5.41) is 12.4. The Bertz CT molecular complexity index is 899. The van der Waals surface area contributed by atoms with Gasteiger partial charge in [0, 0.05) is 6.54 Å². The molecule has 2 atom stereocenters. The number of carbonyl (C=O) groups is 3. The third kappa shape index (κ3) is 3.69. The summed E-state index contributed by atoms with van der Waals surface area (Å²) in [5.74, 6) is -1.28. The third-order valence-electron chi connectivity index (χ3n) is 4.90. The van der Waals surface area contributed by atoms with Gasteiger partial charge in [-0.05, 0) is 31.5 Å². The molecule has 2 unspecified atom stereocenters. The van der Waals surface area contributed by atoms with E-state index in [1.165, 1.54) is 4.90 Å². The summed E-state index contributed by atoms with van der Waals surface area (Å²) >= 11 is 0. The molecule has 7 heteroatoms. The normalized spacial score (nSPS) is 17.9. The quantitative estimate of drug-likeness (QED) is 0.796. The average molecular weight is 382 g/mol. The first kappa shape index (κ1) is 19.4. The monoisotopic (exact) mass is 382 g/mol. The number of carboxylic acid groups (broad SMARTS) is 1. The molecule has 0 saturated carbocycles. The van der Waals surface area contributed by atoms with E-state index in [-0.39, 0.29) is 19.0 Å². The number of amides is 2. The molecule has 146 valence electrons. The molecule has 2 amide bonds. The summed E-state index contributed by atoms with van der Waals surface area (Å²) in [5.41, 5.74) is -0.175. The molecule has 1 aliphatic rings. The van der Waals surface area contributed by atoms with E-state index in [0.717, 1.165) is 0 Å². The van der Waals surface area contributed by atoms with E-state index in [1.807, 2.05) is 0 Å². The minimum atomic E-state index is -1.28. The molecule has 0 aliphatic carbocycles. The second-order valence-corrected chi connectivity index (χ2v) is 6.93. The lowest BCUT2D eigenvalue weighted by atomic mass is 9.82. The van der Waals surface area contributed by atoms with Crippen molar-refractivity contribution in [2.45, 2.75) is 25.4 Å². The maximum Gasteiger partial charge on any atom is 0.315 e. The summed E-state index contributed by atoms with van der Waals surface area (Å²) in [6.07, 6.45) is -0.698. The van der Waals surface area contributed by atoms with Crippen molar-refractivity contribution in [2.75, 3.05) is 18.0 Å². The highest BCUT2D eigenvalue weighted by Gasteiger charge is 2.37. The maximum absolute atomic E-state index is 12.5. The Labute approximate surface area is 162 Å². The Hall–Kier alpha value is -3.35.